The minimum absolute atomic E-state index is 0.268. The quantitative estimate of drug-likeness (QED) is 0.625. The third-order valence-corrected chi connectivity index (χ3v) is 5.25. The smallest absolute Gasteiger partial charge is 0.0409 e. The van der Waals surface area contributed by atoms with Crippen molar-refractivity contribution in [2.24, 2.45) is 0 Å². The Bertz CT molecular complexity index is 717. The molecule has 0 fully saturated rings. The van der Waals surface area contributed by atoms with E-state index in [2.05, 4.69) is 55.6 Å². The van der Waals surface area contributed by atoms with Crippen molar-refractivity contribution in [3.8, 4) is 0 Å². The molecule has 0 saturated carbocycles. The lowest BCUT2D eigenvalue weighted by molar-refractivity contribution is 0.500. The number of nitrogens with one attached hydrogen (secondary N) is 1. The summed E-state index contributed by atoms with van der Waals surface area (Å²) >= 11 is 7.93. The Hall–Kier alpha value is -1.35. The van der Waals surface area contributed by atoms with Crippen molar-refractivity contribution in [1.82, 2.24) is 5.32 Å². The van der Waals surface area contributed by atoms with Crippen LogP contribution in [0.2, 0.25) is 5.02 Å². The van der Waals surface area contributed by atoms with Gasteiger partial charge in [0.1, 0.15) is 0 Å². The molecular weight excluding hydrogens is 298 g/mol. The number of thiophene rings is 1. The maximum Gasteiger partial charge on any atom is 0.0409 e. The number of benzene rings is 2. The third-order valence-electron chi connectivity index (χ3n) is 3.72. The van der Waals surface area contributed by atoms with E-state index in [4.69, 9.17) is 11.6 Å². The summed E-state index contributed by atoms with van der Waals surface area (Å²) < 4.78 is 1.34. The van der Waals surface area contributed by atoms with Gasteiger partial charge in [0.15, 0.2) is 0 Å². The Labute approximate surface area is 134 Å². The Kier molecular flexibility index (Phi) is 4.29. The van der Waals surface area contributed by atoms with E-state index < -0.39 is 0 Å². The van der Waals surface area contributed by atoms with Gasteiger partial charge < -0.3 is 5.32 Å². The van der Waals surface area contributed by atoms with Gasteiger partial charge in [-0.15, -0.1) is 11.3 Å². The van der Waals surface area contributed by atoms with Gasteiger partial charge in [-0.25, -0.2) is 0 Å². The maximum atomic E-state index is 6.07. The van der Waals surface area contributed by atoms with Gasteiger partial charge in [0.05, 0.1) is 0 Å². The van der Waals surface area contributed by atoms with E-state index in [1.165, 1.54) is 20.5 Å². The molecule has 0 spiro atoms. The van der Waals surface area contributed by atoms with Crippen molar-refractivity contribution in [2.45, 2.75) is 25.9 Å². The standard InChI is InChI=1S/C18H18ClNS/c1-12(14-7-5-8-16(19)10-14)20-13(2)18-11-15-6-3-4-9-17(15)21-18/h3-13,20H,1-2H3/t12-,13?/m1/s1. The summed E-state index contributed by atoms with van der Waals surface area (Å²) in [5.74, 6) is 0. The summed E-state index contributed by atoms with van der Waals surface area (Å²) in [4.78, 5) is 1.37. The van der Waals surface area contributed by atoms with Crippen LogP contribution in [0.15, 0.2) is 54.6 Å². The highest BCUT2D eigenvalue weighted by Gasteiger charge is 2.13. The number of rotatable bonds is 4. The van der Waals surface area contributed by atoms with Crippen molar-refractivity contribution in [2.75, 3.05) is 0 Å². The highest BCUT2D eigenvalue weighted by molar-refractivity contribution is 7.19. The van der Waals surface area contributed by atoms with Crippen LogP contribution in [0, 0.1) is 0 Å². The van der Waals surface area contributed by atoms with Crippen molar-refractivity contribution >= 4 is 33.0 Å². The average Bonchev–Trinajstić information content (AvgIpc) is 2.91. The minimum Gasteiger partial charge on any atom is -0.303 e. The van der Waals surface area contributed by atoms with Crippen molar-refractivity contribution in [1.29, 1.82) is 0 Å². The fourth-order valence-electron chi connectivity index (χ4n) is 2.55. The maximum absolute atomic E-state index is 6.07. The van der Waals surface area contributed by atoms with Gasteiger partial charge in [0.2, 0.25) is 0 Å². The SMILES string of the molecule is CC(N[C@H](C)c1cccc(Cl)c1)c1cc2ccccc2s1. The summed E-state index contributed by atoms with van der Waals surface area (Å²) in [6.07, 6.45) is 0. The zero-order chi connectivity index (χ0) is 14.8. The fourth-order valence-corrected chi connectivity index (χ4v) is 3.82. The van der Waals surface area contributed by atoms with Gasteiger partial charge in [-0.2, -0.15) is 0 Å². The Morgan fingerprint density at radius 3 is 2.52 bits per heavy atom. The first-order valence-corrected chi connectivity index (χ1v) is 8.33. The summed E-state index contributed by atoms with van der Waals surface area (Å²) in [6, 6.07) is 19.4. The Morgan fingerprint density at radius 2 is 1.76 bits per heavy atom. The van der Waals surface area contributed by atoms with E-state index in [1.807, 2.05) is 29.5 Å². The zero-order valence-corrected chi connectivity index (χ0v) is 13.7. The molecular formula is C18H18ClNS. The predicted molar refractivity (Wildman–Crippen MR) is 93.2 cm³/mol. The van der Waals surface area contributed by atoms with Crippen molar-refractivity contribution in [3.05, 3.63) is 70.1 Å². The van der Waals surface area contributed by atoms with Crippen LogP contribution in [-0.4, -0.2) is 0 Å². The molecule has 3 rings (SSSR count). The van der Waals surface area contributed by atoms with E-state index in [1.54, 1.807) is 0 Å². The lowest BCUT2D eigenvalue weighted by Crippen LogP contribution is -2.21. The van der Waals surface area contributed by atoms with Crippen LogP contribution in [-0.2, 0) is 0 Å². The topological polar surface area (TPSA) is 12.0 Å². The molecule has 0 saturated heterocycles. The van der Waals surface area contributed by atoms with Crippen LogP contribution >= 0.6 is 22.9 Å². The van der Waals surface area contributed by atoms with Gasteiger partial charge in [-0.3, -0.25) is 0 Å². The van der Waals surface area contributed by atoms with E-state index in [9.17, 15) is 0 Å². The normalized spacial score (nSPS) is 14.2. The molecule has 21 heavy (non-hydrogen) atoms. The molecule has 2 atom stereocenters. The first kappa shape index (κ1) is 14.6. The third kappa shape index (κ3) is 3.29. The van der Waals surface area contributed by atoms with Crippen LogP contribution in [0.25, 0.3) is 10.1 Å². The molecule has 0 aliphatic heterocycles. The molecule has 0 bridgehead atoms. The predicted octanol–water partition coefficient (Wildman–Crippen LogP) is 5.97. The second kappa shape index (κ2) is 6.18. The van der Waals surface area contributed by atoms with Crippen LogP contribution in [0.3, 0.4) is 0 Å². The first-order valence-electron chi connectivity index (χ1n) is 7.13. The van der Waals surface area contributed by atoms with Crippen LogP contribution in [0.1, 0.15) is 36.4 Å². The second-order valence-corrected chi connectivity index (χ2v) is 6.90. The number of halogens is 1. The molecule has 0 amide bonds. The number of hydrogen-bond acceptors (Lipinski definition) is 2. The lowest BCUT2D eigenvalue weighted by Gasteiger charge is -2.19. The van der Waals surface area contributed by atoms with Crippen molar-refractivity contribution in [3.63, 3.8) is 0 Å². The lowest BCUT2D eigenvalue weighted by atomic mass is 10.1. The molecule has 0 radical (unpaired) electrons. The first-order chi connectivity index (χ1) is 10.1. The van der Waals surface area contributed by atoms with Crippen LogP contribution < -0.4 is 5.32 Å². The monoisotopic (exact) mass is 315 g/mol. The summed E-state index contributed by atoms with van der Waals surface area (Å²) in [6.45, 7) is 4.39. The zero-order valence-electron chi connectivity index (χ0n) is 12.1. The van der Waals surface area contributed by atoms with E-state index in [-0.39, 0.29) is 6.04 Å². The largest absolute Gasteiger partial charge is 0.303 e. The van der Waals surface area contributed by atoms with Gasteiger partial charge in [-0.05, 0) is 49.1 Å². The second-order valence-electron chi connectivity index (χ2n) is 5.35. The van der Waals surface area contributed by atoms with Crippen LogP contribution in [0.5, 0.6) is 0 Å². The summed E-state index contributed by atoms with van der Waals surface area (Å²) in [5.41, 5.74) is 1.22. The summed E-state index contributed by atoms with van der Waals surface area (Å²) in [5, 5.41) is 5.76. The highest BCUT2D eigenvalue weighted by Crippen LogP contribution is 2.31. The van der Waals surface area contributed by atoms with E-state index >= 15 is 0 Å². The number of hydrogen-bond donors (Lipinski definition) is 1. The molecule has 0 aliphatic rings. The molecule has 1 nitrogen and oxygen atoms in total. The van der Waals surface area contributed by atoms with E-state index in [0.717, 1.165) is 5.02 Å². The Balaban J connectivity index is 1.77. The van der Waals surface area contributed by atoms with Crippen LogP contribution in [0.4, 0.5) is 0 Å². The van der Waals surface area contributed by atoms with E-state index in [0.29, 0.717) is 6.04 Å². The molecule has 3 heteroatoms. The molecule has 108 valence electrons. The molecule has 1 aromatic heterocycles. The molecule has 0 aliphatic carbocycles. The summed E-state index contributed by atoms with van der Waals surface area (Å²) in [7, 11) is 0. The molecule has 1 unspecified atom stereocenters. The molecule has 2 aromatic carbocycles. The molecule has 1 N–H and O–H groups in total. The highest BCUT2D eigenvalue weighted by atomic mass is 35.5. The van der Waals surface area contributed by atoms with Crippen molar-refractivity contribution < 1.29 is 0 Å². The van der Waals surface area contributed by atoms with Gasteiger partial charge in [0, 0.05) is 26.7 Å². The van der Waals surface area contributed by atoms with Gasteiger partial charge in [0.25, 0.3) is 0 Å². The average molecular weight is 316 g/mol. The van der Waals surface area contributed by atoms with Gasteiger partial charge in [-0.1, -0.05) is 41.9 Å². The molecule has 3 aromatic rings. The van der Waals surface area contributed by atoms with Gasteiger partial charge >= 0.3 is 0 Å². The number of fused-ring (bicyclic) bond motifs is 1. The fraction of sp³-hybridized carbons (Fsp3) is 0.222. The Morgan fingerprint density at radius 1 is 0.952 bits per heavy atom. The minimum atomic E-state index is 0.268. The molecule has 1 heterocycles.